The van der Waals surface area contributed by atoms with E-state index in [2.05, 4.69) is 29.2 Å². The SMILES string of the molecule is N#CCc1ccc(OCC(O)CN2CCC(c3nc4ccccc4s3)CC2)cc1. The smallest absolute Gasteiger partial charge is 0.119 e. The summed E-state index contributed by atoms with van der Waals surface area (Å²) in [7, 11) is 0. The molecule has 0 saturated carbocycles. The number of fused-ring (bicyclic) bond motifs is 1. The summed E-state index contributed by atoms with van der Waals surface area (Å²) in [4.78, 5) is 7.13. The van der Waals surface area contributed by atoms with Crippen LogP contribution >= 0.6 is 11.3 Å². The maximum atomic E-state index is 10.4. The Hall–Kier alpha value is -2.46. The van der Waals surface area contributed by atoms with Gasteiger partial charge in [-0.3, -0.25) is 0 Å². The molecular formula is C23H25N3O2S. The highest BCUT2D eigenvalue weighted by Gasteiger charge is 2.24. The molecule has 2 heterocycles. The summed E-state index contributed by atoms with van der Waals surface area (Å²) in [6.07, 6.45) is 2.03. The average molecular weight is 408 g/mol. The van der Waals surface area contributed by atoms with E-state index in [1.165, 1.54) is 9.71 Å². The molecule has 0 amide bonds. The van der Waals surface area contributed by atoms with Gasteiger partial charge in [-0.05, 0) is 55.8 Å². The van der Waals surface area contributed by atoms with E-state index in [0.29, 0.717) is 18.9 Å². The number of aliphatic hydroxyl groups excluding tert-OH is 1. The molecule has 1 N–H and O–H groups in total. The van der Waals surface area contributed by atoms with E-state index in [1.54, 1.807) is 0 Å². The van der Waals surface area contributed by atoms with Crippen molar-refractivity contribution in [1.29, 1.82) is 5.26 Å². The maximum absolute atomic E-state index is 10.4. The van der Waals surface area contributed by atoms with Crippen molar-refractivity contribution in [3.63, 3.8) is 0 Å². The Bertz CT molecular complexity index is 939. The minimum absolute atomic E-state index is 0.273. The van der Waals surface area contributed by atoms with Gasteiger partial charge >= 0.3 is 0 Å². The Morgan fingerprint density at radius 3 is 2.66 bits per heavy atom. The van der Waals surface area contributed by atoms with Crippen molar-refractivity contribution < 1.29 is 9.84 Å². The number of piperidine rings is 1. The number of ether oxygens (including phenoxy) is 1. The molecule has 2 aromatic carbocycles. The Labute approximate surface area is 175 Å². The minimum atomic E-state index is -0.521. The number of likely N-dealkylation sites (tertiary alicyclic amines) is 1. The molecule has 0 radical (unpaired) electrons. The minimum Gasteiger partial charge on any atom is -0.491 e. The number of rotatable bonds is 7. The molecule has 4 rings (SSSR count). The number of hydrogen-bond donors (Lipinski definition) is 1. The summed E-state index contributed by atoms with van der Waals surface area (Å²) in [5.41, 5.74) is 2.07. The van der Waals surface area contributed by atoms with Crippen molar-refractivity contribution in [2.45, 2.75) is 31.3 Å². The number of benzene rings is 2. The molecule has 0 aliphatic carbocycles. The van der Waals surface area contributed by atoms with E-state index >= 15 is 0 Å². The van der Waals surface area contributed by atoms with Crippen LogP contribution in [0.15, 0.2) is 48.5 Å². The van der Waals surface area contributed by atoms with E-state index in [1.807, 2.05) is 41.7 Å². The fourth-order valence-electron chi connectivity index (χ4n) is 3.77. The molecular weight excluding hydrogens is 382 g/mol. The zero-order valence-electron chi connectivity index (χ0n) is 16.3. The van der Waals surface area contributed by atoms with Crippen LogP contribution in [-0.2, 0) is 6.42 Å². The summed E-state index contributed by atoms with van der Waals surface area (Å²) in [5, 5.41) is 20.3. The van der Waals surface area contributed by atoms with E-state index in [4.69, 9.17) is 15.0 Å². The van der Waals surface area contributed by atoms with Crippen molar-refractivity contribution in [2.24, 2.45) is 0 Å². The van der Waals surface area contributed by atoms with Crippen LogP contribution in [0.2, 0.25) is 0 Å². The monoisotopic (exact) mass is 407 g/mol. The van der Waals surface area contributed by atoms with Crippen molar-refractivity contribution in [3.05, 3.63) is 59.1 Å². The molecule has 1 unspecified atom stereocenters. The lowest BCUT2D eigenvalue weighted by Crippen LogP contribution is -2.40. The summed E-state index contributed by atoms with van der Waals surface area (Å²) in [6.45, 7) is 2.84. The Morgan fingerprint density at radius 1 is 1.17 bits per heavy atom. The third-order valence-corrected chi connectivity index (χ3v) is 6.56. The first-order chi connectivity index (χ1) is 14.2. The van der Waals surface area contributed by atoms with Gasteiger partial charge < -0.3 is 14.7 Å². The first kappa shape index (κ1) is 19.8. The van der Waals surface area contributed by atoms with E-state index < -0.39 is 6.10 Å². The third kappa shape index (κ3) is 5.13. The maximum Gasteiger partial charge on any atom is 0.119 e. The fourth-order valence-corrected chi connectivity index (χ4v) is 4.90. The zero-order valence-corrected chi connectivity index (χ0v) is 17.1. The number of β-amino-alcohol motifs (C(OH)–C–C–N with tert-alkyl or cyclic N) is 1. The molecule has 1 saturated heterocycles. The van der Waals surface area contributed by atoms with Crippen molar-refractivity contribution in [3.8, 4) is 11.8 Å². The van der Waals surface area contributed by atoms with Gasteiger partial charge in [0.1, 0.15) is 18.5 Å². The first-order valence-electron chi connectivity index (χ1n) is 10.1. The summed E-state index contributed by atoms with van der Waals surface area (Å²) < 4.78 is 6.96. The average Bonchev–Trinajstić information content (AvgIpc) is 3.18. The first-order valence-corrected chi connectivity index (χ1v) is 10.9. The highest BCUT2D eigenvalue weighted by molar-refractivity contribution is 7.18. The second kappa shape index (κ2) is 9.36. The van der Waals surface area contributed by atoms with Crippen LogP contribution in [0.3, 0.4) is 0 Å². The van der Waals surface area contributed by atoms with Gasteiger partial charge in [0.15, 0.2) is 0 Å². The van der Waals surface area contributed by atoms with E-state index in [-0.39, 0.29) is 6.61 Å². The Kier molecular flexibility index (Phi) is 6.40. The lowest BCUT2D eigenvalue weighted by molar-refractivity contribution is 0.0594. The number of nitrogens with zero attached hydrogens (tertiary/aromatic N) is 3. The van der Waals surface area contributed by atoms with E-state index in [0.717, 1.165) is 42.8 Å². The second-order valence-corrected chi connectivity index (χ2v) is 8.60. The molecule has 1 fully saturated rings. The lowest BCUT2D eigenvalue weighted by Gasteiger charge is -2.32. The van der Waals surface area contributed by atoms with Crippen LogP contribution in [0.5, 0.6) is 5.75 Å². The number of para-hydroxylation sites is 1. The number of aliphatic hydroxyl groups is 1. The van der Waals surface area contributed by atoms with Crippen molar-refractivity contribution >= 4 is 21.6 Å². The molecule has 1 aliphatic rings. The highest BCUT2D eigenvalue weighted by atomic mass is 32.1. The standard InChI is InChI=1S/C23H25N3O2S/c24-12-9-17-5-7-20(8-6-17)28-16-19(27)15-26-13-10-18(11-14-26)23-25-21-3-1-2-4-22(21)29-23/h1-8,18-19,27H,9-11,13-16H2. The summed E-state index contributed by atoms with van der Waals surface area (Å²) in [5.74, 6) is 1.24. The van der Waals surface area contributed by atoms with Gasteiger partial charge in [-0.15, -0.1) is 11.3 Å². The van der Waals surface area contributed by atoms with Crippen LogP contribution in [0.25, 0.3) is 10.2 Å². The van der Waals surface area contributed by atoms with Crippen molar-refractivity contribution in [1.82, 2.24) is 9.88 Å². The quantitative estimate of drug-likeness (QED) is 0.641. The zero-order chi connectivity index (χ0) is 20.1. The van der Waals surface area contributed by atoms with Gasteiger partial charge in [0.2, 0.25) is 0 Å². The van der Waals surface area contributed by atoms with Gasteiger partial charge in [0, 0.05) is 12.5 Å². The molecule has 0 bridgehead atoms. The molecule has 5 nitrogen and oxygen atoms in total. The fraction of sp³-hybridized carbons (Fsp3) is 0.391. The Balaban J connectivity index is 1.22. The lowest BCUT2D eigenvalue weighted by atomic mass is 9.97. The molecule has 1 aromatic heterocycles. The molecule has 150 valence electrons. The second-order valence-electron chi connectivity index (χ2n) is 7.54. The number of hydrogen-bond acceptors (Lipinski definition) is 6. The van der Waals surface area contributed by atoms with Gasteiger partial charge in [-0.1, -0.05) is 24.3 Å². The van der Waals surface area contributed by atoms with Gasteiger partial charge in [-0.25, -0.2) is 4.98 Å². The predicted molar refractivity (Wildman–Crippen MR) is 115 cm³/mol. The van der Waals surface area contributed by atoms with Crippen molar-refractivity contribution in [2.75, 3.05) is 26.2 Å². The van der Waals surface area contributed by atoms with Crippen LogP contribution < -0.4 is 4.74 Å². The van der Waals surface area contributed by atoms with Gasteiger partial charge in [0.05, 0.1) is 27.7 Å². The topological polar surface area (TPSA) is 69.4 Å². The highest BCUT2D eigenvalue weighted by Crippen LogP contribution is 2.33. The van der Waals surface area contributed by atoms with Gasteiger partial charge in [0.25, 0.3) is 0 Å². The molecule has 0 spiro atoms. The summed E-state index contributed by atoms with van der Waals surface area (Å²) >= 11 is 1.81. The largest absolute Gasteiger partial charge is 0.491 e. The molecule has 1 aliphatic heterocycles. The van der Waals surface area contributed by atoms with Crippen LogP contribution in [0, 0.1) is 11.3 Å². The van der Waals surface area contributed by atoms with Crippen LogP contribution in [0.1, 0.15) is 29.3 Å². The molecule has 3 aromatic rings. The van der Waals surface area contributed by atoms with Gasteiger partial charge in [-0.2, -0.15) is 5.26 Å². The predicted octanol–water partition coefficient (Wildman–Crippen LogP) is 3.98. The van der Waals surface area contributed by atoms with Crippen LogP contribution in [0.4, 0.5) is 0 Å². The normalized spacial score (nSPS) is 16.6. The molecule has 29 heavy (non-hydrogen) atoms. The molecule has 6 heteroatoms. The Morgan fingerprint density at radius 2 is 1.93 bits per heavy atom. The third-order valence-electron chi connectivity index (χ3n) is 5.37. The molecule has 1 atom stereocenters. The number of nitriles is 1. The van der Waals surface area contributed by atoms with Crippen LogP contribution in [-0.4, -0.2) is 47.3 Å². The number of aromatic nitrogens is 1. The summed E-state index contributed by atoms with van der Waals surface area (Å²) in [6, 6.07) is 17.9. The van der Waals surface area contributed by atoms with E-state index in [9.17, 15) is 5.11 Å². The number of thiazole rings is 1.